The van der Waals surface area contributed by atoms with Crippen molar-refractivity contribution in [1.82, 2.24) is 10.6 Å². The van der Waals surface area contributed by atoms with Gasteiger partial charge in [0.2, 0.25) is 11.8 Å². The standard InChI is InChI=1S/C35H54N2O7/c1-22(13-16-32-23(2)18-31(25(4)42-32)37-33(39)17-14-24(3)41-27(6)38)12-15-29-20-35(26(5)44-35)21-30(43-29)19-34(40)36-28-10-8-7-9-11-28/h12-15,17,23-26,28-32H,7-11,16,18-21H2,1-6H3,(H,36,40)(H,37,39)/b15-12+,17-14-,22-13+/t23-,24-,25+,26+,29+,30+,31+,32-,35+/m0/s1. The summed E-state index contributed by atoms with van der Waals surface area (Å²) in [6.45, 7) is 11.4. The summed E-state index contributed by atoms with van der Waals surface area (Å²) in [6.07, 6.45) is 18.2. The number of amides is 2. The molecule has 0 unspecified atom stereocenters. The maximum absolute atomic E-state index is 12.8. The summed E-state index contributed by atoms with van der Waals surface area (Å²) >= 11 is 0. The number of nitrogens with one attached hydrogen (secondary N) is 2. The number of epoxide rings is 1. The Morgan fingerprint density at radius 2 is 1.73 bits per heavy atom. The molecule has 1 saturated carbocycles. The fraction of sp³-hybridized carbons (Fsp3) is 0.743. The molecule has 0 aromatic rings. The van der Waals surface area contributed by atoms with E-state index in [4.69, 9.17) is 18.9 Å². The van der Waals surface area contributed by atoms with Gasteiger partial charge in [0.1, 0.15) is 6.10 Å². The molecule has 44 heavy (non-hydrogen) atoms. The number of hydrogen-bond acceptors (Lipinski definition) is 7. The number of ether oxygens (including phenoxy) is 4. The van der Waals surface area contributed by atoms with Crippen LogP contribution >= 0.6 is 0 Å². The molecule has 9 nitrogen and oxygen atoms in total. The zero-order chi connectivity index (χ0) is 31.9. The maximum atomic E-state index is 12.8. The van der Waals surface area contributed by atoms with Crippen LogP contribution in [0.1, 0.15) is 106 Å². The average molecular weight is 615 g/mol. The van der Waals surface area contributed by atoms with E-state index in [0.29, 0.717) is 12.5 Å². The molecule has 4 rings (SSSR count). The molecule has 0 radical (unpaired) electrons. The second kappa shape index (κ2) is 15.7. The minimum Gasteiger partial charge on any atom is -0.459 e. The minimum atomic E-state index is -0.457. The summed E-state index contributed by atoms with van der Waals surface area (Å²) in [5.74, 6) is -0.243. The largest absolute Gasteiger partial charge is 0.459 e. The molecule has 4 fully saturated rings. The number of hydrogen-bond donors (Lipinski definition) is 2. The lowest BCUT2D eigenvalue weighted by Crippen LogP contribution is -2.50. The summed E-state index contributed by atoms with van der Waals surface area (Å²) < 4.78 is 23.8. The van der Waals surface area contributed by atoms with Gasteiger partial charge >= 0.3 is 5.97 Å². The van der Waals surface area contributed by atoms with Gasteiger partial charge in [0.15, 0.2) is 0 Å². The quantitative estimate of drug-likeness (QED) is 0.142. The van der Waals surface area contributed by atoms with E-state index in [1.165, 1.54) is 32.3 Å². The Bertz CT molecular complexity index is 1100. The smallest absolute Gasteiger partial charge is 0.303 e. The molecule has 1 spiro atoms. The third kappa shape index (κ3) is 10.3. The average Bonchev–Trinajstić information content (AvgIpc) is 3.57. The molecule has 2 N–H and O–H groups in total. The van der Waals surface area contributed by atoms with Gasteiger partial charge in [-0.2, -0.15) is 0 Å². The predicted molar refractivity (Wildman–Crippen MR) is 169 cm³/mol. The van der Waals surface area contributed by atoms with Gasteiger partial charge in [-0.05, 0) is 65.4 Å². The molecule has 4 aliphatic rings. The lowest BCUT2D eigenvalue weighted by Gasteiger charge is -2.39. The fourth-order valence-electron chi connectivity index (χ4n) is 6.97. The van der Waals surface area contributed by atoms with Crippen molar-refractivity contribution in [3.63, 3.8) is 0 Å². The first-order chi connectivity index (χ1) is 20.9. The van der Waals surface area contributed by atoms with Gasteiger partial charge in [-0.25, -0.2) is 0 Å². The first-order valence-corrected chi connectivity index (χ1v) is 16.7. The monoisotopic (exact) mass is 614 g/mol. The van der Waals surface area contributed by atoms with Crippen molar-refractivity contribution in [3.05, 3.63) is 36.0 Å². The molecule has 9 heteroatoms. The van der Waals surface area contributed by atoms with Gasteiger partial charge in [-0.15, -0.1) is 0 Å². The predicted octanol–water partition coefficient (Wildman–Crippen LogP) is 5.23. The first-order valence-electron chi connectivity index (χ1n) is 16.7. The topological polar surface area (TPSA) is 115 Å². The Morgan fingerprint density at radius 3 is 2.41 bits per heavy atom. The van der Waals surface area contributed by atoms with Crippen LogP contribution in [-0.2, 0) is 33.3 Å². The van der Waals surface area contributed by atoms with E-state index < -0.39 is 6.10 Å². The molecule has 1 aliphatic carbocycles. The Balaban J connectivity index is 1.24. The Labute approximate surface area is 263 Å². The van der Waals surface area contributed by atoms with Crippen molar-refractivity contribution in [2.75, 3.05) is 0 Å². The van der Waals surface area contributed by atoms with Crippen LogP contribution in [-0.4, -0.2) is 72.1 Å². The molecule has 2 amide bonds. The molecule has 3 aliphatic heterocycles. The summed E-state index contributed by atoms with van der Waals surface area (Å²) in [5.41, 5.74) is 0.959. The number of carbonyl (C=O) groups is 3. The number of rotatable bonds is 11. The van der Waals surface area contributed by atoms with Crippen molar-refractivity contribution in [2.24, 2.45) is 5.92 Å². The summed E-state index contributed by atoms with van der Waals surface area (Å²) in [7, 11) is 0. The SMILES string of the molecule is CC(=O)O[C@@H](C)/C=C\C(=O)N[C@@H]1C[C@H](C)[C@H](C/C=C(C)/C=C/[C@@H]2C[C@]3(C[C@@H](CC(=O)NC4CCCCC4)O2)O[C@@H]3C)O[C@@H]1C. The molecular weight excluding hydrogens is 560 g/mol. The van der Waals surface area contributed by atoms with Crippen LogP contribution in [0.4, 0.5) is 0 Å². The van der Waals surface area contributed by atoms with Crippen LogP contribution < -0.4 is 10.6 Å². The molecule has 3 saturated heterocycles. The summed E-state index contributed by atoms with van der Waals surface area (Å²) in [4.78, 5) is 36.3. The zero-order valence-electron chi connectivity index (χ0n) is 27.5. The Hall–Kier alpha value is -2.49. The highest BCUT2D eigenvalue weighted by molar-refractivity contribution is 5.87. The Morgan fingerprint density at radius 1 is 1.00 bits per heavy atom. The van der Waals surface area contributed by atoms with E-state index in [0.717, 1.165) is 44.1 Å². The third-order valence-electron chi connectivity index (χ3n) is 9.63. The van der Waals surface area contributed by atoms with E-state index in [9.17, 15) is 14.4 Å². The van der Waals surface area contributed by atoms with Crippen LogP contribution in [0.25, 0.3) is 0 Å². The number of allylic oxidation sites excluding steroid dienone is 2. The fourth-order valence-corrected chi connectivity index (χ4v) is 6.97. The van der Waals surface area contributed by atoms with Gasteiger partial charge in [-0.3, -0.25) is 14.4 Å². The van der Waals surface area contributed by atoms with Crippen molar-refractivity contribution >= 4 is 17.8 Å². The molecule has 0 bridgehead atoms. The normalized spacial score (nSPS) is 35.5. The second-order valence-electron chi connectivity index (χ2n) is 13.6. The molecular formula is C35H54N2O7. The second-order valence-corrected chi connectivity index (χ2v) is 13.6. The van der Waals surface area contributed by atoms with Gasteiger partial charge in [-0.1, -0.05) is 50.0 Å². The molecule has 246 valence electrons. The summed E-state index contributed by atoms with van der Waals surface area (Å²) in [5, 5.41) is 6.27. The van der Waals surface area contributed by atoms with Crippen molar-refractivity contribution in [3.8, 4) is 0 Å². The highest BCUT2D eigenvalue weighted by Crippen LogP contribution is 2.48. The van der Waals surface area contributed by atoms with E-state index >= 15 is 0 Å². The van der Waals surface area contributed by atoms with Crippen molar-refractivity contribution < 1.29 is 33.3 Å². The van der Waals surface area contributed by atoms with Gasteiger partial charge in [0.25, 0.3) is 0 Å². The zero-order valence-corrected chi connectivity index (χ0v) is 27.5. The van der Waals surface area contributed by atoms with Gasteiger partial charge < -0.3 is 29.6 Å². The molecule has 9 atom stereocenters. The van der Waals surface area contributed by atoms with Gasteiger partial charge in [0.05, 0.1) is 48.6 Å². The van der Waals surface area contributed by atoms with Crippen LogP contribution in [0, 0.1) is 5.92 Å². The van der Waals surface area contributed by atoms with E-state index in [1.54, 1.807) is 13.0 Å². The highest BCUT2D eigenvalue weighted by Gasteiger charge is 2.57. The lowest BCUT2D eigenvalue weighted by atomic mass is 9.87. The minimum absolute atomic E-state index is 0.0583. The van der Waals surface area contributed by atoms with E-state index in [1.807, 2.05) is 6.92 Å². The van der Waals surface area contributed by atoms with Crippen LogP contribution in [0.3, 0.4) is 0 Å². The third-order valence-corrected chi connectivity index (χ3v) is 9.63. The molecule has 0 aromatic heterocycles. The number of esters is 1. The highest BCUT2D eigenvalue weighted by atomic mass is 16.6. The molecule has 0 aromatic carbocycles. The van der Waals surface area contributed by atoms with Crippen molar-refractivity contribution in [2.45, 2.75) is 160 Å². The van der Waals surface area contributed by atoms with E-state index in [-0.39, 0.29) is 65.9 Å². The lowest BCUT2D eigenvalue weighted by molar-refractivity contribution is -0.143. The number of carbonyl (C=O) groups excluding carboxylic acids is 3. The van der Waals surface area contributed by atoms with Crippen LogP contribution in [0.15, 0.2) is 36.0 Å². The van der Waals surface area contributed by atoms with Crippen molar-refractivity contribution in [1.29, 1.82) is 0 Å². The van der Waals surface area contributed by atoms with Crippen LogP contribution in [0.5, 0.6) is 0 Å². The van der Waals surface area contributed by atoms with Gasteiger partial charge in [0, 0.05) is 31.9 Å². The summed E-state index contributed by atoms with van der Waals surface area (Å²) in [6, 6.07) is 0.218. The maximum Gasteiger partial charge on any atom is 0.303 e. The first kappa shape index (κ1) is 34.4. The Kier molecular flexibility index (Phi) is 12.3. The van der Waals surface area contributed by atoms with Crippen LogP contribution in [0.2, 0.25) is 0 Å². The van der Waals surface area contributed by atoms with E-state index in [2.05, 4.69) is 49.6 Å². The molecule has 3 heterocycles.